The number of nitrogens with zero attached hydrogens (tertiary/aromatic N) is 2. The molecule has 0 saturated heterocycles. The van der Waals surface area contributed by atoms with Gasteiger partial charge in [-0.15, -0.1) is 0 Å². The second kappa shape index (κ2) is 4.09. The van der Waals surface area contributed by atoms with Gasteiger partial charge in [-0.2, -0.15) is 0 Å². The summed E-state index contributed by atoms with van der Waals surface area (Å²) in [6.07, 6.45) is 5.34. The SMILES string of the molecule is CC(C)(C)c1ncc([C@@H](C(=O)O)C2CC2)cn1. The molecule has 1 atom stereocenters. The van der Waals surface area contributed by atoms with Gasteiger partial charge in [0, 0.05) is 23.4 Å². The summed E-state index contributed by atoms with van der Waals surface area (Å²) in [5.74, 6) is -0.165. The van der Waals surface area contributed by atoms with Crippen LogP contribution in [0.25, 0.3) is 0 Å². The van der Waals surface area contributed by atoms with Crippen molar-refractivity contribution in [1.29, 1.82) is 0 Å². The van der Waals surface area contributed by atoms with Crippen LogP contribution in [0.2, 0.25) is 0 Å². The van der Waals surface area contributed by atoms with Crippen LogP contribution in [-0.2, 0) is 10.2 Å². The summed E-state index contributed by atoms with van der Waals surface area (Å²) >= 11 is 0. The highest BCUT2D eigenvalue weighted by Crippen LogP contribution is 2.42. The number of aromatic nitrogens is 2. The molecule has 0 bridgehead atoms. The van der Waals surface area contributed by atoms with Gasteiger partial charge >= 0.3 is 5.97 Å². The third-order valence-corrected chi connectivity index (χ3v) is 3.06. The molecule has 1 fully saturated rings. The van der Waals surface area contributed by atoms with E-state index in [1.807, 2.05) is 20.8 Å². The summed E-state index contributed by atoms with van der Waals surface area (Å²) < 4.78 is 0. The molecule has 2 rings (SSSR count). The molecule has 1 aromatic heterocycles. The molecule has 0 aromatic carbocycles. The molecule has 0 spiro atoms. The predicted octanol–water partition coefficient (Wildman–Crippen LogP) is 2.35. The van der Waals surface area contributed by atoms with E-state index in [0.717, 1.165) is 24.2 Å². The molecule has 1 saturated carbocycles. The van der Waals surface area contributed by atoms with Crippen molar-refractivity contribution in [2.24, 2.45) is 5.92 Å². The Balaban J connectivity index is 2.24. The molecule has 0 amide bonds. The zero-order valence-corrected chi connectivity index (χ0v) is 10.5. The fraction of sp³-hybridized carbons (Fsp3) is 0.615. The van der Waals surface area contributed by atoms with Gasteiger partial charge in [0.25, 0.3) is 0 Å². The smallest absolute Gasteiger partial charge is 0.311 e. The Hall–Kier alpha value is -1.45. The summed E-state index contributed by atoms with van der Waals surface area (Å²) in [6.45, 7) is 6.12. The monoisotopic (exact) mass is 234 g/mol. The van der Waals surface area contributed by atoms with E-state index < -0.39 is 11.9 Å². The molecular weight excluding hydrogens is 216 g/mol. The number of carboxylic acid groups (broad SMARTS) is 1. The summed E-state index contributed by atoms with van der Waals surface area (Å²) in [7, 11) is 0. The van der Waals surface area contributed by atoms with E-state index in [9.17, 15) is 9.90 Å². The highest BCUT2D eigenvalue weighted by Gasteiger charge is 2.37. The zero-order chi connectivity index (χ0) is 12.6. The van der Waals surface area contributed by atoms with Gasteiger partial charge < -0.3 is 5.11 Å². The van der Waals surface area contributed by atoms with Crippen LogP contribution in [0, 0.1) is 5.92 Å². The minimum absolute atomic E-state index is 0.100. The van der Waals surface area contributed by atoms with E-state index in [-0.39, 0.29) is 11.3 Å². The topological polar surface area (TPSA) is 63.1 Å². The van der Waals surface area contributed by atoms with Crippen molar-refractivity contribution >= 4 is 5.97 Å². The lowest BCUT2D eigenvalue weighted by Gasteiger charge is -2.17. The normalized spacial score (nSPS) is 17.8. The Morgan fingerprint density at radius 2 is 1.88 bits per heavy atom. The van der Waals surface area contributed by atoms with E-state index in [4.69, 9.17) is 0 Å². The molecule has 0 unspecified atom stereocenters. The van der Waals surface area contributed by atoms with Crippen LogP contribution in [0.3, 0.4) is 0 Å². The molecule has 1 N–H and O–H groups in total. The first-order chi connectivity index (χ1) is 7.89. The largest absolute Gasteiger partial charge is 0.481 e. The lowest BCUT2D eigenvalue weighted by Crippen LogP contribution is -2.18. The van der Waals surface area contributed by atoms with E-state index in [1.54, 1.807) is 12.4 Å². The highest BCUT2D eigenvalue weighted by atomic mass is 16.4. The van der Waals surface area contributed by atoms with Gasteiger partial charge in [-0.3, -0.25) is 4.79 Å². The fourth-order valence-electron chi connectivity index (χ4n) is 1.93. The lowest BCUT2D eigenvalue weighted by molar-refractivity contribution is -0.139. The quantitative estimate of drug-likeness (QED) is 0.872. The van der Waals surface area contributed by atoms with Crippen LogP contribution in [0.15, 0.2) is 12.4 Å². The average molecular weight is 234 g/mol. The van der Waals surface area contributed by atoms with Gasteiger partial charge in [-0.1, -0.05) is 20.8 Å². The zero-order valence-electron chi connectivity index (χ0n) is 10.5. The van der Waals surface area contributed by atoms with Crippen LogP contribution in [0.5, 0.6) is 0 Å². The Bertz CT molecular complexity index is 416. The fourth-order valence-corrected chi connectivity index (χ4v) is 1.93. The maximum absolute atomic E-state index is 11.2. The summed E-state index contributed by atoms with van der Waals surface area (Å²) in [6, 6.07) is 0. The van der Waals surface area contributed by atoms with Crippen LogP contribution in [0.1, 0.15) is 50.9 Å². The van der Waals surface area contributed by atoms with Gasteiger partial charge in [-0.05, 0) is 18.8 Å². The van der Waals surface area contributed by atoms with E-state index in [1.165, 1.54) is 0 Å². The molecule has 0 radical (unpaired) electrons. The summed E-state index contributed by atoms with van der Waals surface area (Å²) in [4.78, 5) is 19.8. The molecule has 92 valence electrons. The van der Waals surface area contributed by atoms with Crippen molar-refractivity contribution in [2.75, 3.05) is 0 Å². The van der Waals surface area contributed by atoms with Gasteiger partial charge in [-0.25, -0.2) is 9.97 Å². The van der Waals surface area contributed by atoms with Gasteiger partial charge in [0.05, 0.1) is 5.92 Å². The van der Waals surface area contributed by atoms with Gasteiger partial charge in [0.1, 0.15) is 5.82 Å². The molecule has 4 nitrogen and oxygen atoms in total. The van der Waals surface area contributed by atoms with Crippen molar-refractivity contribution in [3.63, 3.8) is 0 Å². The van der Waals surface area contributed by atoms with E-state index in [2.05, 4.69) is 9.97 Å². The molecule has 17 heavy (non-hydrogen) atoms. The van der Waals surface area contributed by atoms with Crippen molar-refractivity contribution in [3.05, 3.63) is 23.8 Å². The lowest BCUT2D eigenvalue weighted by atomic mass is 9.94. The Kier molecular flexibility index (Phi) is 2.89. The van der Waals surface area contributed by atoms with Crippen molar-refractivity contribution in [2.45, 2.75) is 44.9 Å². The Morgan fingerprint density at radius 3 is 2.24 bits per heavy atom. The first-order valence-electron chi connectivity index (χ1n) is 5.95. The van der Waals surface area contributed by atoms with Gasteiger partial charge in [0.2, 0.25) is 0 Å². The van der Waals surface area contributed by atoms with Crippen molar-refractivity contribution < 1.29 is 9.90 Å². The Labute approximate surface area is 101 Å². The first-order valence-corrected chi connectivity index (χ1v) is 5.95. The maximum Gasteiger partial charge on any atom is 0.311 e. The minimum atomic E-state index is -0.764. The molecule has 1 heterocycles. The number of hydrogen-bond acceptors (Lipinski definition) is 3. The number of carbonyl (C=O) groups is 1. The predicted molar refractivity (Wildman–Crippen MR) is 63.8 cm³/mol. The van der Waals surface area contributed by atoms with E-state index in [0.29, 0.717) is 0 Å². The standard InChI is InChI=1S/C13H18N2O2/c1-13(2,3)12-14-6-9(7-15-12)10(11(16)17)8-4-5-8/h6-8,10H,4-5H2,1-3H3,(H,16,17)/t10-/m0/s1. The number of aliphatic carboxylic acids is 1. The second-order valence-electron chi connectivity index (χ2n) is 5.74. The van der Waals surface area contributed by atoms with Crippen molar-refractivity contribution in [1.82, 2.24) is 9.97 Å². The summed E-state index contributed by atoms with van der Waals surface area (Å²) in [5.41, 5.74) is 0.629. The number of rotatable bonds is 3. The maximum atomic E-state index is 11.2. The molecule has 1 aliphatic rings. The van der Waals surface area contributed by atoms with Crippen LogP contribution in [-0.4, -0.2) is 21.0 Å². The Morgan fingerprint density at radius 1 is 1.35 bits per heavy atom. The summed E-state index contributed by atoms with van der Waals surface area (Å²) in [5, 5.41) is 9.21. The number of carboxylic acids is 1. The molecule has 1 aromatic rings. The third kappa shape index (κ3) is 2.62. The van der Waals surface area contributed by atoms with Crippen LogP contribution >= 0.6 is 0 Å². The molecule has 1 aliphatic carbocycles. The van der Waals surface area contributed by atoms with Crippen LogP contribution < -0.4 is 0 Å². The average Bonchev–Trinajstić information content (AvgIpc) is 3.01. The van der Waals surface area contributed by atoms with Gasteiger partial charge in [0.15, 0.2) is 0 Å². The van der Waals surface area contributed by atoms with Crippen molar-refractivity contribution in [3.8, 4) is 0 Å². The third-order valence-electron chi connectivity index (χ3n) is 3.06. The molecular formula is C13H18N2O2. The molecule has 0 aliphatic heterocycles. The van der Waals surface area contributed by atoms with E-state index >= 15 is 0 Å². The highest BCUT2D eigenvalue weighted by molar-refractivity contribution is 5.76. The second-order valence-corrected chi connectivity index (χ2v) is 5.74. The first kappa shape index (κ1) is 12.0. The van der Waals surface area contributed by atoms with Crippen LogP contribution in [0.4, 0.5) is 0 Å². The minimum Gasteiger partial charge on any atom is -0.481 e. The molecule has 4 heteroatoms. The number of hydrogen-bond donors (Lipinski definition) is 1.